The molecule has 8 rings (SSSR count). The monoisotopic (exact) mass is 793 g/mol. The Kier molecular flexibility index (Phi) is 9.48. The number of likely N-dealkylation sites (tertiary alicyclic amines) is 1. The number of piperazine rings is 1. The molecule has 1 aromatic heterocycles. The number of benzene rings is 2. The number of amides is 5. The summed E-state index contributed by atoms with van der Waals surface area (Å²) in [7, 11) is 0. The third-order valence-corrected chi connectivity index (χ3v) is 12.7. The highest BCUT2D eigenvalue weighted by Gasteiger charge is 2.68. The van der Waals surface area contributed by atoms with E-state index in [1.165, 1.54) is 11.1 Å². The Labute approximate surface area is 335 Å². The molecule has 2 N–H and O–H groups in total. The smallest absolute Gasteiger partial charge is 0.268 e. The van der Waals surface area contributed by atoms with E-state index < -0.39 is 52.6 Å². The Morgan fingerprint density at radius 1 is 0.912 bits per heavy atom. The Morgan fingerprint density at radius 3 is 2.25 bits per heavy atom. The normalized spacial score (nSPS) is 24.5. The first-order valence-corrected chi connectivity index (χ1v) is 19.6. The lowest BCUT2D eigenvalue weighted by atomic mass is 9.48. The van der Waals surface area contributed by atoms with E-state index in [1.807, 2.05) is 39.8 Å². The quantitative estimate of drug-likeness (QED) is 0.312. The van der Waals surface area contributed by atoms with Crippen LogP contribution in [-0.2, 0) is 9.59 Å². The number of nitrogens with zero attached hydrogens (tertiary/aromatic N) is 8. The summed E-state index contributed by atoms with van der Waals surface area (Å²) in [5.41, 5.74) is 5.68. The number of halogens is 1. The molecule has 5 heterocycles. The highest BCUT2D eigenvalue weighted by molar-refractivity contribution is 6.31. The zero-order valence-corrected chi connectivity index (χ0v) is 33.0. The molecule has 296 valence electrons. The number of nitrogens with two attached hydrogens (primary N) is 1. The highest BCUT2D eigenvalue weighted by Crippen LogP contribution is 2.58. The van der Waals surface area contributed by atoms with E-state index in [0.29, 0.717) is 17.2 Å². The maximum atomic E-state index is 14.4. The van der Waals surface area contributed by atoms with Crippen molar-refractivity contribution in [3.63, 3.8) is 0 Å². The van der Waals surface area contributed by atoms with Gasteiger partial charge >= 0.3 is 0 Å². The lowest BCUT2D eigenvalue weighted by molar-refractivity contribution is -0.216. The molecule has 5 amide bonds. The number of piperidine rings is 1. The number of primary amides is 1. The van der Waals surface area contributed by atoms with Crippen LogP contribution >= 0.6 is 11.6 Å². The van der Waals surface area contributed by atoms with Crippen LogP contribution in [0.15, 0.2) is 48.8 Å². The van der Waals surface area contributed by atoms with Crippen molar-refractivity contribution in [2.24, 2.45) is 22.5 Å². The molecule has 4 fully saturated rings. The summed E-state index contributed by atoms with van der Waals surface area (Å²) in [5.74, 6) is -0.913. The fourth-order valence-electron chi connectivity index (χ4n) is 9.94. The molecular formula is C41H44ClN9O6. The molecule has 57 heavy (non-hydrogen) atoms. The van der Waals surface area contributed by atoms with Crippen LogP contribution in [0, 0.1) is 28.1 Å². The molecule has 4 aliphatic heterocycles. The lowest BCUT2D eigenvalue weighted by Crippen LogP contribution is -2.77. The van der Waals surface area contributed by atoms with Gasteiger partial charge in [0.05, 0.1) is 40.1 Å². The van der Waals surface area contributed by atoms with Crippen molar-refractivity contribution in [2.45, 2.75) is 58.7 Å². The van der Waals surface area contributed by atoms with Crippen molar-refractivity contribution < 1.29 is 28.7 Å². The molecule has 0 radical (unpaired) electrons. The predicted octanol–water partition coefficient (Wildman–Crippen LogP) is 3.35. The minimum absolute atomic E-state index is 0.00971. The second-order valence-corrected chi connectivity index (χ2v) is 17.3. The van der Waals surface area contributed by atoms with E-state index >= 15 is 0 Å². The SMILES string of the molecule is CC1(C)C(Oc2ccc(C#N)c(Cl)c2)C(C)(C)C1N1C(=O)CCC(N2C(=O)c3ccc(N4CCN(CC5CN(c6cnc(C(N)=O)cn6)C5)CC4)cc3C2=O)C1=O. The molecule has 1 aliphatic carbocycles. The number of nitriles is 1. The third kappa shape index (κ3) is 6.44. The Balaban J connectivity index is 0.898. The van der Waals surface area contributed by atoms with Gasteiger partial charge in [-0.1, -0.05) is 39.3 Å². The molecule has 1 unspecified atom stereocenters. The van der Waals surface area contributed by atoms with Crippen LogP contribution in [0.3, 0.4) is 0 Å². The van der Waals surface area contributed by atoms with Crippen molar-refractivity contribution in [1.29, 1.82) is 5.26 Å². The molecule has 1 atom stereocenters. The summed E-state index contributed by atoms with van der Waals surface area (Å²) in [6.45, 7) is 13.5. The number of anilines is 2. The fraction of sp³-hybridized carbons (Fsp3) is 0.463. The first-order chi connectivity index (χ1) is 27.1. The van der Waals surface area contributed by atoms with Gasteiger partial charge < -0.3 is 20.3 Å². The Bertz CT molecular complexity index is 2210. The van der Waals surface area contributed by atoms with Gasteiger partial charge in [0, 0.05) is 80.7 Å². The number of fused-ring (bicyclic) bond motifs is 1. The summed E-state index contributed by atoms with van der Waals surface area (Å²) in [6.07, 6.45) is 2.61. The minimum Gasteiger partial charge on any atom is -0.489 e. The molecule has 3 aromatic rings. The summed E-state index contributed by atoms with van der Waals surface area (Å²) in [4.78, 5) is 84.6. The van der Waals surface area contributed by atoms with Crippen molar-refractivity contribution in [1.82, 2.24) is 24.7 Å². The van der Waals surface area contributed by atoms with Crippen LogP contribution in [0.2, 0.25) is 5.02 Å². The second kappa shape index (κ2) is 14.1. The van der Waals surface area contributed by atoms with E-state index in [4.69, 9.17) is 22.1 Å². The highest BCUT2D eigenvalue weighted by atomic mass is 35.5. The van der Waals surface area contributed by atoms with Gasteiger partial charge in [-0.25, -0.2) is 9.97 Å². The van der Waals surface area contributed by atoms with Gasteiger partial charge in [-0.3, -0.25) is 38.7 Å². The largest absolute Gasteiger partial charge is 0.489 e. The first-order valence-electron chi connectivity index (χ1n) is 19.2. The standard InChI is InChI=1S/C41H44ClN9O6/c1-40(2)38(41(3,4)39(40)57-26-7-5-24(17-43)29(42)16-26)51-33(52)10-9-31(37(51)56)50-35(54)27-8-6-25(15-28(27)36(50)55)48-13-11-47(12-14-48)20-23-21-49(22-23)32-19-45-30(18-46-32)34(44)53/h5-8,15-16,18-19,23,31,38-39H,9-14,20-22H2,1-4H3,(H2,44,53). The number of carbonyl (C=O) groups is 5. The number of imide groups is 2. The van der Waals surface area contributed by atoms with E-state index in [2.05, 4.69) is 24.7 Å². The number of hydrogen-bond acceptors (Lipinski definition) is 12. The van der Waals surface area contributed by atoms with Gasteiger partial charge in [-0.2, -0.15) is 5.26 Å². The summed E-state index contributed by atoms with van der Waals surface area (Å²) in [6, 6.07) is 10.5. The maximum absolute atomic E-state index is 14.4. The molecule has 2 aromatic carbocycles. The average Bonchev–Trinajstić information content (AvgIpc) is 3.41. The van der Waals surface area contributed by atoms with Crippen molar-refractivity contribution in [3.8, 4) is 11.8 Å². The van der Waals surface area contributed by atoms with Crippen LogP contribution in [0.1, 0.15) is 77.3 Å². The van der Waals surface area contributed by atoms with Gasteiger partial charge in [0.25, 0.3) is 23.6 Å². The molecule has 15 nitrogen and oxygen atoms in total. The maximum Gasteiger partial charge on any atom is 0.268 e. The van der Waals surface area contributed by atoms with Gasteiger partial charge in [0.15, 0.2) is 0 Å². The summed E-state index contributed by atoms with van der Waals surface area (Å²) < 4.78 is 6.39. The fourth-order valence-corrected chi connectivity index (χ4v) is 10.1. The number of hydrogen-bond donors (Lipinski definition) is 1. The zero-order valence-electron chi connectivity index (χ0n) is 32.3. The zero-order chi connectivity index (χ0) is 40.6. The molecule has 3 saturated heterocycles. The van der Waals surface area contributed by atoms with E-state index in [-0.39, 0.29) is 40.6 Å². The van der Waals surface area contributed by atoms with Crippen LogP contribution in [-0.4, -0.2) is 118 Å². The number of ether oxygens (including phenoxy) is 1. The number of carbonyl (C=O) groups excluding carboxylic acids is 5. The Hall–Kier alpha value is -5.59. The van der Waals surface area contributed by atoms with Crippen molar-refractivity contribution in [3.05, 3.63) is 76.2 Å². The van der Waals surface area contributed by atoms with Gasteiger partial charge in [-0.05, 0) is 36.8 Å². The molecule has 0 bridgehead atoms. The van der Waals surface area contributed by atoms with Crippen molar-refractivity contribution >= 4 is 52.6 Å². The van der Waals surface area contributed by atoms with E-state index in [9.17, 15) is 29.2 Å². The molecule has 16 heteroatoms. The lowest BCUT2D eigenvalue weighted by Gasteiger charge is -2.65. The van der Waals surface area contributed by atoms with Gasteiger partial charge in [0.2, 0.25) is 5.91 Å². The van der Waals surface area contributed by atoms with E-state index in [1.54, 1.807) is 36.5 Å². The molecule has 1 saturated carbocycles. The predicted molar refractivity (Wildman–Crippen MR) is 209 cm³/mol. The van der Waals surface area contributed by atoms with E-state index in [0.717, 1.165) is 62.2 Å². The molecule has 5 aliphatic rings. The van der Waals surface area contributed by atoms with Gasteiger partial charge in [-0.15, -0.1) is 0 Å². The van der Waals surface area contributed by atoms with Crippen LogP contribution in [0.4, 0.5) is 11.5 Å². The molecule has 0 spiro atoms. The van der Waals surface area contributed by atoms with Crippen LogP contribution in [0.5, 0.6) is 5.75 Å². The second-order valence-electron chi connectivity index (χ2n) is 16.8. The van der Waals surface area contributed by atoms with Crippen LogP contribution < -0.4 is 20.3 Å². The van der Waals surface area contributed by atoms with Crippen molar-refractivity contribution in [2.75, 3.05) is 55.6 Å². The minimum atomic E-state index is -1.12. The average molecular weight is 794 g/mol. The topological polar surface area (TPSA) is 186 Å². The van der Waals surface area contributed by atoms with Crippen LogP contribution in [0.25, 0.3) is 0 Å². The summed E-state index contributed by atoms with van der Waals surface area (Å²) >= 11 is 6.27. The third-order valence-electron chi connectivity index (χ3n) is 12.4. The first kappa shape index (κ1) is 38.3. The number of rotatable bonds is 9. The summed E-state index contributed by atoms with van der Waals surface area (Å²) in [5, 5.41) is 9.53. The number of aromatic nitrogens is 2. The van der Waals surface area contributed by atoms with Gasteiger partial charge in [0.1, 0.15) is 35.5 Å². The Morgan fingerprint density at radius 2 is 1.61 bits per heavy atom. The molecular weight excluding hydrogens is 750 g/mol.